The molecule has 160 valence electrons. The highest BCUT2D eigenvalue weighted by molar-refractivity contribution is 7.16. The number of Topliss-reactive ketones (excluding diaryl/α,β-unsaturated/α-hetero) is 1. The predicted octanol–water partition coefficient (Wildman–Crippen LogP) is 4.60. The Kier molecular flexibility index (Phi) is 6.07. The Bertz CT molecular complexity index is 1160. The molecule has 0 saturated heterocycles. The Morgan fingerprint density at radius 3 is 2.81 bits per heavy atom. The molecule has 8 heteroatoms. The van der Waals surface area contributed by atoms with E-state index in [1.165, 1.54) is 16.2 Å². The summed E-state index contributed by atoms with van der Waals surface area (Å²) < 4.78 is 6.15. The van der Waals surface area contributed by atoms with E-state index in [1.807, 2.05) is 0 Å². The lowest BCUT2D eigenvalue weighted by molar-refractivity contribution is -0.150. The molecule has 1 atom stereocenters. The van der Waals surface area contributed by atoms with Crippen molar-refractivity contribution in [3.8, 4) is 0 Å². The van der Waals surface area contributed by atoms with Crippen molar-refractivity contribution in [2.24, 2.45) is 0 Å². The molecule has 4 rings (SSSR count). The second-order valence-corrected chi connectivity index (χ2v) is 8.83. The molecule has 2 aromatic carbocycles. The number of thiazole rings is 1. The summed E-state index contributed by atoms with van der Waals surface area (Å²) in [6, 6.07) is 12.1. The largest absolute Gasteiger partial charge is 0.452 e. The standard InChI is InChI=1S/C23H21ClN2O4S/c1-26(23(11-5-4-8-20(23)27)16-6-2-3-7-17(16)24)21(28)13-30-22(29)15-9-10-18-19(12-15)31-14-25-18/h2-3,6-7,9-10,12,14H,4-5,8,11,13H2,1H3/t23-/m0/s1. The third-order valence-electron chi connectivity index (χ3n) is 5.81. The van der Waals surface area contributed by atoms with Crippen LogP contribution in [0.25, 0.3) is 10.2 Å². The number of nitrogens with zero attached hydrogens (tertiary/aromatic N) is 2. The fourth-order valence-corrected chi connectivity index (χ4v) is 5.14. The number of ether oxygens (including phenoxy) is 1. The average molecular weight is 457 g/mol. The Morgan fingerprint density at radius 1 is 1.23 bits per heavy atom. The molecule has 1 heterocycles. The minimum absolute atomic E-state index is 0.0512. The van der Waals surface area contributed by atoms with Gasteiger partial charge in [-0.25, -0.2) is 9.78 Å². The maximum Gasteiger partial charge on any atom is 0.338 e. The molecule has 0 unspecified atom stereocenters. The number of rotatable bonds is 5. The van der Waals surface area contributed by atoms with Gasteiger partial charge in [-0.2, -0.15) is 0 Å². The molecule has 1 amide bonds. The number of hydrogen-bond acceptors (Lipinski definition) is 6. The fraction of sp³-hybridized carbons (Fsp3) is 0.304. The number of carbonyl (C=O) groups is 3. The summed E-state index contributed by atoms with van der Waals surface area (Å²) in [4.78, 5) is 44.2. The van der Waals surface area contributed by atoms with E-state index < -0.39 is 24.0 Å². The number of carbonyl (C=O) groups excluding carboxylic acids is 3. The van der Waals surface area contributed by atoms with Gasteiger partial charge in [0.05, 0.1) is 21.3 Å². The van der Waals surface area contributed by atoms with Gasteiger partial charge < -0.3 is 9.64 Å². The van der Waals surface area contributed by atoms with Crippen molar-refractivity contribution in [3.05, 3.63) is 64.1 Å². The van der Waals surface area contributed by atoms with E-state index in [4.69, 9.17) is 16.3 Å². The number of hydrogen-bond donors (Lipinski definition) is 0. The number of ketones is 1. The number of aromatic nitrogens is 1. The van der Waals surface area contributed by atoms with Crippen LogP contribution in [0.3, 0.4) is 0 Å². The highest BCUT2D eigenvalue weighted by atomic mass is 35.5. The second-order valence-electron chi connectivity index (χ2n) is 7.53. The molecular formula is C23H21ClN2O4S. The maximum atomic E-state index is 13.1. The van der Waals surface area contributed by atoms with Crippen molar-refractivity contribution >= 4 is 50.8 Å². The van der Waals surface area contributed by atoms with E-state index in [9.17, 15) is 14.4 Å². The first-order chi connectivity index (χ1) is 14.9. The highest BCUT2D eigenvalue weighted by Crippen LogP contribution is 2.42. The van der Waals surface area contributed by atoms with Crippen LogP contribution in [0, 0.1) is 0 Å². The van der Waals surface area contributed by atoms with E-state index in [1.54, 1.807) is 55.0 Å². The molecule has 6 nitrogen and oxygen atoms in total. The van der Waals surface area contributed by atoms with Gasteiger partial charge in [-0.05, 0) is 43.5 Å². The number of benzene rings is 2. The minimum Gasteiger partial charge on any atom is -0.452 e. The lowest BCUT2D eigenvalue weighted by Crippen LogP contribution is -2.55. The summed E-state index contributed by atoms with van der Waals surface area (Å²) in [5.41, 5.74) is 2.31. The lowest BCUT2D eigenvalue weighted by Gasteiger charge is -2.43. The smallest absolute Gasteiger partial charge is 0.338 e. The van der Waals surface area contributed by atoms with Crippen LogP contribution in [0.5, 0.6) is 0 Å². The molecular weight excluding hydrogens is 436 g/mol. The monoisotopic (exact) mass is 456 g/mol. The summed E-state index contributed by atoms with van der Waals surface area (Å²) in [6.07, 6.45) is 2.43. The number of esters is 1. The number of halogens is 1. The lowest BCUT2D eigenvalue weighted by atomic mass is 9.74. The molecule has 1 fully saturated rings. The molecule has 0 aliphatic heterocycles. The normalized spacial score (nSPS) is 18.7. The quantitative estimate of drug-likeness (QED) is 0.524. The second kappa shape index (κ2) is 8.77. The highest BCUT2D eigenvalue weighted by Gasteiger charge is 2.48. The summed E-state index contributed by atoms with van der Waals surface area (Å²) in [5.74, 6) is -1.11. The minimum atomic E-state index is -1.15. The molecule has 1 aliphatic rings. The van der Waals surface area contributed by atoms with Gasteiger partial charge in [0, 0.05) is 24.1 Å². The molecule has 1 aromatic heterocycles. The molecule has 0 spiro atoms. The fourth-order valence-electron chi connectivity index (χ4n) is 4.13. The van der Waals surface area contributed by atoms with Crippen LogP contribution >= 0.6 is 22.9 Å². The molecule has 0 radical (unpaired) electrons. The van der Waals surface area contributed by atoms with Crippen LogP contribution in [0.2, 0.25) is 5.02 Å². The SMILES string of the molecule is CN(C(=O)COC(=O)c1ccc2ncsc2c1)[C@]1(c2ccccc2Cl)CCCCC1=O. The molecule has 31 heavy (non-hydrogen) atoms. The van der Waals surface area contributed by atoms with Gasteiger partial charge in [0.15, 0.2) is 12.4 Å². The number of amides is 1. The van der Waals surface area contributed by atoms with Gasteiger partial charge in [0.1, 0.15) is 5.54 Å². The van der Waals surface area contributed by atoms with Crippen molar-refractivity contribution in [2.45, 2.75) is 31.2 Å². The van der Waals surface area contributed by atoms with Gasteiger partial charge >= 0.3 is 5.97 Å². The first kappa shape index (κ1) is 21.5. The molecule has 1 aliphatic carbocycles. The summed E-state index contributed by atoms with van der Waals surface area (Å²) in [5, 5.41) is 0.437. The van der Waals surface area contributed by atoms with Crippen molar-refractivity contribution < 1.29 is 19.1 Å². The van der Waals surface area contributed by atoms with Gasteiger partial charge in [-0.1, -0.05) is 29.8 Å². The number of fused-ring (bicyclic) bond motifs is 1. The molecule has 3 aromatic rings. The van der Waals surface area contributed by atoms with Crippen LogP contribution in [0.15, 0.2) is 48.0 Å². The Balaban J connectivity index is 1.54. The van der Waals surface area contributed by atoms with Crippen LogP contribution in [0.4, 0.5) is 0 Å². The van der Waals surface area contributed by atoms with Gasteiger partial charge in [0.25, 0.3) is 5.91 Å². The van der Waals surface area contributed by atoms with E-state index in [-0.39, 0.29) is 5.78 Å². The molecule has 0 N–H and O–H groups in total. The van der Waals surface area contributed by atoms with Crippen molar-refractivity contribution in [1.82, 2.24) is 9.88 Å². The van der Waals surface area contributed by atoms with Crippen LogP contribution in [0.1, 0.15) is 41.6 Å². The zero-order valence-corrected chi connectivity index (χ0v) is 18.5. The Morgan fingerprint density at radius 2 is 2.03 bits per heavy atom. The van der Waals surface area contributed by atoms with Gasteiger partial charge in [-0.15, -0.1) is 11.3 Å². The molecule has 0 bridgehead atoms. The van der Waals surface area contributed by atoms with E-state index in [0.717, 1.165) is 23.1 Å². The van der Waals surface area contributed by atoms with Crippen molar-refractivity contribution in [3.63, 3.8) is 0 Å². The van der Waals surface area contributed by atoms with E-state index in [2.05, 4.69) is 4.98 Å². The van der Waals surface area contributed by atoms with Crippen LogP contribution < -0.4 is 0 Å². The van der Waals surface area contributed by atoms with E-state index in [0.29, 0.717) is 29.0 Å². The average Bonchev–Trinajstić information content (AvgIpc) is 3.25. The molecule has 1 saturated carbocycles. The zero-order chi connectivity index (χ0) is 22.0. The zero-order valence-electron chi connectivity index (χ0n) is 17.0. The first-order valence-corrected chi connectivity index (χ1v) is 11.2. The van der Waals surface area contributed by atoms with Gasteiger partial charge in [0.2, 0.25) is 0 Å². The van der Waals surface area contributed by atoms with E-state index >= 15 is 0 Å². The Hall–Kier alpha value is -2.77. The van der Waals surface area contributed by atoms with Gasteiger partial charge in [-0.3, -0.25) is 9.59 Å². The summed E-state index contributed by atoms with van der Waals surface area (Å²) >= 11 is 7.85. The van der Waals surface area contributed by atoms with Crippen LogP contribution in [-0.4, -0.2) is 41.2 Å². The summed E-state index contributed by atoms with van der Waals surface area (Å²) in [7, 11) is 1.58. The van der Waals surface area contributed by atoms with Crippen molar-refractivity contribution in [2.75, 3.05) is 13.7 Å². The van der Waals surface area contributed by atoms with Crippen LogP contribution in [-0.2, 0) is 19.9 Å². The third-order valence-corrected chi connectivity index (χ3v) is 6.93. The topological polar surface area (TPSA) is 76.6 Å². The van der Waals surface area contributed by atoms with Crippen molar-refractivity contribution in [1.29, 1.82) is 0 Å². The first-order valence-electron chi connectivity index (χ1n) is 9.99. The maximum absolute atomic E-state index is 13.1. The summed E-state index contributed by atoms with van der Waals surface area (Å²) in [6.45, 7) is -0.463. The number of likely N-dealkylation sites (N-methyl/N-ethyl adjacent to an activating group) is 1. The predicted molar refractivity (Wildman–Crippen MR) is 119 cm³/mol. The Labute approximate surface area is 188 Å². The third kappa shape index (κ3) is 3.95.